The Kier molecular flexibility index (Phi) is 6.38. The Hall–Kier alpha value is -0.267. The van der Waals surface area contributed by atoms with Crippen molar-refractivity contribution < 1.29 is 24.7 Å². The molecule has 0 amide bonds. The minimum absolute atomic E-state index is 0. The Labute approximate surface area is 164 Å². The molecule has 2 aromatic carbocycles. The van der Waals surface area contributed by atoms with Crippen molar-refractivity contribution >= 4 is 51.4 Å². The Morgan fingerprint density at radius 2 is 1.73 bits per heavy atom. The molecule has 0 saturated carbocycles. The Bertz CT molecular complexity index is 840. The van der Waals surface area contributed by atoms with E-state index in [9.17, 15) is 0 Å². The fraction of sp³-hybridized carbons (Fsp3) is 0.176. The van der Waals surface area contributed by atoms with Gasteiger partial charge < -0.3 is 0 Å². The minimum atomic E-state index is 0. The maximum absolute atomic E-state index is 2.37. The van der Waals surface area contributed by atoms with Gasteiger partial charge in [0.25, 0.3) is 0 Å². The van der Waals surface area contributed by atoms with E-state index in [0.717, 1.165) is 6.42 Å². The average Bonchev–Trinajstić information content (AvgIpc) is 2.89. The molecule has 3 aromatic rings. The molecule has 0 aliphatic heterocycles. The molecule has 1 aromatic heterocycles. The van der Waals surface area contributed by atoms with Crippen LogP contribution in [0.3, 0.4) is 0 Å². The van der Waals surface area contributed by atoms with E-state index >= 15 is 0 Å². The molecule has 115 valence electrons. The van der Waals surface area contributed by atoms with Gasteiger partial charge in [0, 0.05) is 0 Å². The van der Waals surface area contributed by atoms with Crippen LogP contribution in [0.1, 0.15) is 16.7 Å². The van der Waals surface area contributed by atoms with Crippen molar-refractivity contribution in [2.45, 2.75) is 13.3 Å². The van der Waals surface area contributed by atoms with Crippen LogP contribution in [0.2, 0.25) is 0 Å². The number of aryl methyl sites for hydroxylation is 2. The SMILES string of the molecule is Cc1ccc2c(c1)c1c(n2C)-c2ccc[c]([Zr])c2C1.Cl.Cl.Cl. The van der Waals surface area contributed by atoms with Crippen molar-refractivity contribution in [2.24, 2.45) is 7.05 Å². The summed E-state index contributed by atoms with van der Waals surface area (Å²) >= 11 is 1.52. The number of hydrogen-bond acceptors (Lipinski definition) is 0. The Balaban J connectivity index is 0.000000807. The third-order valence-electron chi connectivity index (χ3n) is 4.24. The van der Waals surface area contributed by atoms with E-state index in [1.54, 1.807) is 5.56 Å². The summed E-state index contributed by atoms with van der Waals surface area (Å²) in [6.45, 7) is 2.18. The van der Waals surface area contributed by atoms with Crippen LogP contribution in [0.4, 0.5) is 0 Å². The second kappa shape index (κ2) is 7.09. The van der Waals surface area contributed by atoms with Gasteiger partial charge in [-0.1, -0.05) is 0 Å². The Morgan fingerprint density at radius 3 is 2.45 bits per heavy atom. The molecule has 5 heteroatoms. The van der Waals surface area contributed by atoms with E-state index in [-0.39, 0.29) is 37.2 Å². The van der Waals surface area contributed by atoms with E-state index in [4.69, 9.17) is 0 Å². The van der Waals surface area contributed by atoms with Crippen molar-refractivity contribution in [3.8, 4) is 11.3 Å². The van der Waals surface area contributed by atoms with Gasteiger partial charge in [0.2, 0.25) is 0 Å². The average molecular weight is 433 g/mol. The first-order valence-corrected chi connectivity index (χ1v) is 7.81. The monoisotopic (exact) mass is 430 g/mol. The number of nitrogens with zero attached hydrogens (tertiary/aromatic N) is 1. The quantitative estimate of drug-likeness (QED) is 0.385. The molecule has 0 unspecified atom stereocenters. The van der Waals surface area contributed by atoms with E-state index < -0.39 is 0 Å². The van der Waals surface area contributed by atoms with Gasteiger partial charge in [-0.2, -0.15) is 0 Å². The first kappa shape index (κ1) is 19.8. The smallest absolute Gasteiger partial charge is 0.147 e. The largest absolute Gasteiger partial charge is 0.147 e. The number of halogens is 3. The van der Waals surface area contributed by atoms with Crippen LogP contribution in [0.25, 0.3) is 22.2 Å². The molecular formula is C17H17Cl3NZr. The van der Waals surface area contributed by atoms with Gasteiger partial charge in [-0.25, -0.2) is 0 Å². The summed E-state index contributed by atoms with van der Waals surface area (Å²) < 4.78 is 3.87. The van der Waals surface area contributed by atoms with E-state index in [1.165, 1.54) is 61.3 Å². The number of hydrogen-bond donors (Lipinski definition) is 0. The molecule has 0 radical (unpaired) electrons. The molecule has 0 fully saturated rings. The molecule has 4 rings (SSSR count). The number of fused-ring (bicyclic) bond motifs is 5. The van der Waals surface area contributed by atoms with E-state index in [0.29, 0.717) is 0 Å². The number of benzene rings is 2. The maximum atomic E-state index is 2.37. The zero-order chi connectivity index (χ0) is 13.1. The zero-order valence-corrected chi connectivity index (χ0v) is 17.3. The van der Waals surface area contributed by atoms with Crippen LogP contribution in [0.5, 0.6) is 0 Å². The summed E-state index contributed by atoms with van der Waals surface area (Å²) in [5, 5.41) is 1.43. The third-order valence-corrected chi connectivity index (χ3v) is 5.40. The molecular weight excluding hydrogens is 416 g/mol. The van der Waals surface area contributed by atoms with Crippen LogP contribution in [0.15, 0.2) is 36.4 Å². The van der Waals surface area contributed by atoms with E-state index in [2.05, 4.69) is 54.9 Å². The summed E-state index contributed by atoms with van der Waals surface area (Å²) in [6, 6.07) is 13.5. The molecule has 22 heavy (non-hydrogen) atoms. The van der Waals surface area contributed by atoms with Gasteiger partial charge in [0.15, 0.2) is 0 Å². The molecule has 0 spiro atoms. The van der Waals surface area contributed by atoms with Gasteiger partial charge >= 0.3 is 128 Å². The standard InChI is InChI=1S/C17H14N.3ClH.Zr/c1-11-7-8-16-14(9-11)15-10-12-5-3-4-6-13(12)17(15)18(16)2;;;;/h3-4,6-9H,10H2,1-2H3;3*1H;. The van der Waals surface area contributed by atoms with Gasteiger partial charge in [0.1, 0.15) is 0 Å². The number of rotatable bonds is 0. The van der Waals surface area contributed by atoms with Crippen LogP contribution in [0, 0.1) is 6.92 Å². The van der Waals surface area contributed by atoms with Crippen molar-refractivity contribution in [3.63, 3.8) is 0 Å². The second-order valence-corrected chi connectivity index (χ2v) is 6.74. The summed E-state index contributed by atoms with van der Waals surface area (Å²) in [5.74, 6) is 0. The summed E-state index contributed by atoms with van der Waals surface area (Å²) in [7, 11) is 2.20. The predicted molar refractivity (Wildman–Crippen MR) is 97.3 cm³/mol. The fourth-order valence-electron chi connectivity index (χ4n) is 3.33. The molecule has 0 saturated heterocycles. The van der Waals surface area contributed by atoms with Crippen LogP contribution in [-0.2, 0) is 38.2 Å². The van der Waals surface area contributed by atoms with Crippen molar-refractivity contribution in [2.75, 3.05) is 0 Å². The second-order valence-electron chi connectivity index (χ2n) is 5.42. The van der Waals surface area contributed by atoms with Crippen molar-refractivity contribution in [1.29, 1.82) is 0 Å². The molecule has 1 aliphatic carbocycles. The van der Waals surface area contributed by atoms with Crippen LogP contribution in [-0.4, -0.2) is 4.57 Å². The summed E-state index contributed by atoms with van der Waals surface area (Å²) in [5.41, 5.74) is 8.65. The maximum Gasteiger partial charge on any atom is -0.147 e. The zero-order valence-electron chi connectivity index (χ0n) is 12.3. The van der Waals surface area contributed by atoms with Gasteiger partial charge in [-0.15, -0.1) is 37.2 Å². The van der Waals surface area contributed by atoms with Crippen LogP contribution < -0.4 is 3.27 Å². The molecule has 0 N–H and O–H groups in total. The molecule has 1 aliphatic rings. The van der Waals surface area contributed by atoms with Crippen molar-refractivity contribution in [3.05, 3.63) is 53.1 Å². The Morgan fingerprint density at radius 1 is 1.00 bits per heavy atom. The summed E-state index contributed by atoms with van der Waals surface area (Å²) in [6.07, 6.45) is 1.10. The topological polar surface area (TPSA) is 4.93 Å². The molecule has 0 bridgehead atoms. The fourth-order valence-corrected chi connectivity index (χ4v) is 4.12. The predicted octanol–water partition coefficient (Wildman–Crippen LogP) is 4.50. The first-order valence-electron chi connectivity index (χ1n) is 6.58. The summed E-state index contributed by atoms with van der Waals surface area (Å²) in [4.78, 5) is 0. The van der Waals surface area contributed by atoms with Crippen LogP contribution >= 0.6 is 37.2 Å². The number of aromatic nitrogens is 1. The van der Waals surface area contributed by atoms with Gasteiger partial charge in [-0.05, 0) is 0 Å². The molecule has 1 heterocycles. The third kappa shape index (κ3) is 2.69. The van der Waals surface area contributed by atoms with Crippen molar-refractivity contribution in [1.82, 2.24) is 4.57 Å². The van der Waals surface area contributed by atoms with Gasteiger partial charge in [-0.3, -0.25) is 0 Å². The molecule has 1 nitrogen and oxygen atoms in total. The van der Waals surface area contributed by atoms with Gasteiger partial charge in [0.05, 0.1) is 0 Å². The first-order chi connectivity index (χ1) is 9.16. The molecule has 0 atom stereocenters. The van der Waals surface area contributed by atoms with E-state index in [1.807, 2.05) is 0 Å². The minimum Gasteiger partial charge on any atom is -0.147 e. The normalized spacial score (nSPS) is 11.0.